The fourth-order valence-corrected chi connectivity index (χ4v) is 2.10. The number of alkyl halides is 2. The van der Waals surface area contributed by atoms with Gasteiger partial charge in [0.1, 0.15) is 5.82 Å². The summed E-state index contributed by atoms with van der Waals surface area (Å²) in [6, 6.07) is 5.60. The predicted molar refractivity (Wildman–Crippen MR) is 66.6 cm³/mol. The van der Waals surface area contributed by atoms with Crippen LogP contribution in [0.5, 0.6) is 11.5 Å². The quantitative estimate of drug-likeness (QED) is 0.913. The lowest BCUT2D eigenvalue weighted by Crippen LogP contribution is -2.17. The Kier molecular flexibility index (Phi) is 3.51. The molecular weight excluding hydrogens is 268 g/mol. The number of rotatable bonds is 5. The minimum atomic E-state index is -2.58. The van der Waals surface area contributed by atoms with Crippen molar-refractivity contribution >= 4 is 0 Å². The number of para-hydroxylation sites is 1. The van der Waals surface area contributed by atoms with Crippen molar-refractivity contribution < 1.29 is 18.3 Å². The molecule has 0 aliphatic carbocycles. The van der Waals surface area contributed by atoms with Gasteiger partial charge in [0.2, 0.25) is 6.79 Å². The number of aromatic nitrogens is 2. The first-order valence-corrected chi connectivity index (χ1v) is 6.14. The minimum absolute atomic E-state index is 0.210. The normalized spacial score (nSPS) is 13.2. The van der Waals surface area contributed by atoms with Crippen LogP contribution in [-0.4, -0.2) is 16.3 Å². The van der Waals surface area contributed by atoms with Gasteiger partial charge in [-0.1, -0.05) is 12.1 Å². The molecule has 0 radical (unpaired) electrons. The van der Waals surface area contributed by atoms with Crippen molar-refractivity contribution in [1.82, 2.24) is 14.9 Å². The van der Waals surface area contributed by atoms with Gasteiger partial charge in [-0.3, -0.25) is 4.57 Å². The third kappa shape index (κ3) is 2.44. The summed E-state index contributed by atoms with van der Waals surface area (Å²) >= 11 is 0. The van der Waals surface area contributed by atoms with Gasteiger partial charge in [0.25, 0.3) is 0 Å². The summed E-state index contributed by atoms with van der Waals surface area (Å²) in [6.07, 6.45) is 2.62. The average Bonchev–Trinajstić information content (AvgIpc) is 3.07. The Morgan fingerprint density at radius 1 is 1.30 bits per heavy atom. The van der Waals surface area contributed by atoms with E-state index in [0.717, 1.165) is 10.1 Å². The molecule has 1 aromatic heterocycles. The van der Waals surface area contributed by atoms with Crippen LogP contribution < -0.4 is 14.8 Å². The molecule has 0 atom stereocenters. The number of halogens is 2. The molecule has 2 aromatic rings. The zero-order valence-electron chi connectivity index (χ0n) is 10.6. The van der Waals surface area contributed by atoms with Gasteiger partial charge in [0.05, 0.1) is 6.54 Å². The second-order valence-corrected chi connectivity index (χ2v) is 4.28. The largest absolute Gasteiger partial charge is 0.454 e. The Morgan fingerprint density at radius 2 is 2.20 bits per heavy atom. The van der Waals surface area contributed by atoms with Gasteiger partial charge < -0.3 is 14.8 Å². The smallest absolute Gasteiger partial charge is 0.319 e. The molecule has 106 valence electrons. The number of nitrogens with one attached hydrogen (secondary N) is 1. The number of ether oxygens (including phenoxy) is 2. The van der Waals surface area contributed by atoms with Gasteiger partial charge in [-0.15, -0.1) is 0 Å². The number of hydrogen-bond acceptors (Lipinski definition) is 4. The Bertz CT molecular complexity index is 601. The molecular formula is C13H13F2N3O2. The van der Waals surface area contributed by atoms with Crippen LogP contribution >= 0.6 is 0 Å². The highest BCUT2D eigenvalue weighted by Crippen LogP contribution is 2.35. The van der Waals surface area contributed by atoms with Crippen molar-refractivity contribution in [1.29, 1.82) is 0 Å². The van der Waals surface area contributed by atoms with Crippen molar-refractivity contribution in [3.05, 3.63) is 42.0 Å². The number of benzene rings is 1. The first-order valence-electron chi connectivity index (χ1n) is 6.14. The van der Waals surface area contributed by atoms with Crippen LogP contribution in [0.1, 0.15) is 17.9 Å². The van der Waals surface area contributed by atoms with E-state index in [1.54, 1.807) is 0 Å². The third-order valence-corrected chi connectivity index (χ3v) is 3.04. The zero-order chi connectivity index (χ0) is 13.9. The molecule has 1 aliphatic heterocycles. The third-order valence-electron chi connectivity index (χ3n) is 3.04. The summed E-state index contributed by atoms with van der Waals surface area (Å²) in [5.41, 5.74) is 0.926. The zero-order valence-corrected chi connectivity index (χ0v) is 10.6. The standard InChI is InChI=1S/C13H13F2N3O2/c14-13(15)18-5-4-17-11(18)7-16-6-9-2-1-3-10-12(9)20-8-19-10/h1-5,13,16H,6-8H2. The molecule has 2 heterocycles. The Morgan fingerprint density at radius 3 is 3.05 bits per heavy atom. The van der Waals surface area contributed by atoms with Gasteiger partial charge in [-0.2, -0.15) is 8.78 Å². The number of hydrogen-bond donors (Lipinski definition) is 1. The SMILES string of the molecule is FC(F)n1ccnc1CNCc1cccc2c1OCO2. The first-order chi connectivity index (χ1) is 9.75. The minimum Gasteiger partial charge on any atom is -0.454 e. The van der Waals surface area contributed by atoms with Gasteiger partial charge in [0, 0.05) is 24.5 Å². The van der Waals surface area contributed by atoms with Crippen molar-refractivity contribution in [2.75, 3.05) is 6.79 Å². The van der Waals surface area contributed by atoms with Gasteiger partial charge in [0.15, 0.2) is 11.5 Å². The van der Waals surface area contributed by atoms with Crippen molar-refractivity contribution in [2.45, 2.75) is 19.6 Å². The number of fused-ring (bicyclic) bond motifs is 1. The number of imidazole rings is 1. The Hall–Kier alpha value is -2.15. The van der Waals surface area contributed by atoms with E-state index < -0.39 is 6.55 Å². The molecule has 20 heavy (non-hydrogen) atoms. The summed E-state index contributed by atoms with van der Waals surface area (Å²) in [7, 11) is 0. The van der Waals surface area contributed by atoms with E-state index in [-0.39, 0.29) is 13.3 Å². The average molecular weight is 281 g/mol. The second kappa shape index (κ2) is 5.46. The van der Waals surface area contributed by atoms with Gasteiger partial charge in [-0.05, 0) is 6.07 Å². The highest BCUT2D eigenvalue weighted by atomic mass is 19.3. The summed E-state index contributed by atoms with van der Waals surface area (Å²) in [4.78, 5) is 3.91. The van der Waals surface area contributed by atoms with Crippen LogP contribution in [-0.2, 0) is 13.1 Å². The van der Waals surface area contributed by atoms with E-state index in [2.05, 4.69) is 10.3 Å². The fraction of sp³-hybridized carbons (Fsp3) is 0.308. The Balaban J connectivity index is 1.63. The van der Waals surface area contributed by atoms with Crippen molar-refractivity contribution in [2.24, 2.45) is 0 Å². The van der Waals surface area contributed by atoms with E-state index in [9.17, 15) is 8.78 Å². The van der Waals surface area contributed by atoms with Crippen LogP contribution in [0.15, 0.2) is 30.6 Å². The van der Waals surface area contributed by atoms with E-state index >= 15 is 0 Å². The monoisotopic (exact) mass is 281 g/mol. The maximum atomic E-state index is 12.6. The van der Waals surface area contributed by atoms with E-state index in [4.69, 9.17) is 9.47 Å². The van der Waals surface area contributed by atoms with Crippen molar-refractivity contribution in [3.8, 4) is 11.5 Å². The molecule has 1 N–H and O–H groups in total. The molecule has 1 aromatic carbocycles. The topological polar surface area (TPSA) is 48.3 Å². The molecule has 3 rings (SSSR count). The molecule has 0 saturated heterocycles. The summed E-state index contributed by atoms with van der Waals surface area (Å²) in [5.74, 6) is 1.71. The van der Waals surface area contributed by atoms with Crippen molar-refractivity contribution in [3.63, 3.8) is 0 Å². The van der Waals surface area contributed by atoms with Crippen LogP contribution in [0.25, 0.3) is 0 Å². The molecule has 1 aliphatic rings. The van der Waals surface area contributed by atoms with Crippen LogP contribution in [0, 0.1) is 0 Å². The lowest BCUT2D eigenvalue weighted by molar-refractivity contribution is 0.0666. The highest BCUT2D eigenvalue weighted by molar-refractivity contribution is 5.48. The lowest BCUT2D eigenvalue weighted by Gasteiger charge is -2.09. The molecule has 0 unspecified atom stereocenters. The lowest BCUT2D eigenvalue weighted by atomic mass is 10.2. The molecule has 0 fully saturated rings. The van der Waals surface area contributed by atoms with Crippen LogP contribution in [0.2, 0.25) is 0 Å². The molecule has 0 bridgehead atoms. The fourth-order valence-electron chi connectivity index (χ4n) is 2.10. The highest BCUT2D eigenvalue weighted by Gasteiger charge is 2.17. The summed E-state index contributed by atoms with van der Waals surface area (Å²) in [6.45, 7) is -1.63. The molecule has 5 nitrogen and oxygen atoms in total. The number of nitrogens with zero attached hydrogens (tertiary/aromatic N) is 2. The molecule has 0 spiro atoms. The second-order valence-electron chi connectivity index (χ2n) is 4.28. The molecule has 7 heteroatoms. The Labute approximate surface area is 114 Å². The van der Waals surface area contributed by atoms with Crippen LogP contribution in [0.4, 0.5) is 8.78 Å². The predicted octanol–water partition coefficient (Wildman–Crippen LogP) is 2.30. The first kappa shape index (κ1) is 12.9. The van der Waals surface area contributed by atoms with E-state index in [1.165, 1.54) is 12.4 Å². The van der Waals surface area contributed by atoms with E-state index in [1.807, 2.05) is 18.2 Å². The maximum Gasteiger partial charge on any atom is 0.319 e. The van der Waals surface area contributed by atoms with E-state index in [0.29, 0.717) is 23.9 Å². The molecule has 0 amide bonds. The maximum absolute atomic E-state index is 12.6. The summed E-state index contributed by atoms with van der Waals surface area (Å²) < 4.78 is 36.8. The summed E-state index contributed by atoms with van der Waals surface area (Å²) in [5, 5.41) is 3.08. The van der Waals surface area contributed by atoms with Gasteiger partial charge in [-0.25, -0.2) is 4.98 Å². The van der Waals surface area contributed by atoms with Crippen LogP contribution in [0.3, 0.4) is 0 Å². The van der Waals surface area contributed by atoms with Gasteiger partial charge >= 0.3 is 6.55 Å². The molecule has 0 saturated carbocycles.